The van der Waals surface area contributed by atoms with Crippen LogP contribution in [0.5, 0.6) is 0 Å². The van der Waals surface area contributed by atoms with Gasteiger partial charge in [-0.1, -0.05) is 13.8 Å². The van der Waals surface area contributed by atoms with E-state index in [0.717, 1.165) is 0 Å². The number of nitrogens with zero attached hydrogens (tertiary/aromatic N) is 1. The highest BCUT2D eigenvalue weighted by Gasteiger charge is 1.96. The van der Waals surface area contributed by atoms with Crippen molar-refractivity contribution >= 4 is 11.3 Å². The quantitative estimate of drug-likeness (QED) is 0.564. The van der Waals surface area contributed by atoms with Crippen molar-refractivity contribution in [2.45, 2.75) is 19.8 Å². The van der Waals surface area contributed by atoms with Crippen molar-refractivity contribution in [2.75, 3.05) is 0 Å². The van der Waals surface area contributed by atoms with Crippen LogP contribution in [-0.4, -0.2) is 4.98 Å². The van der Waals surface area contributed by atoms with Crippen LogP contribution in [0.2, 0.25) is 0 Å². The number of thiazole rings is 1. The molecule has 0 N–H and O–H groups in total. The Morgan fingerprint density at radius 1 is 1.62 bits per heavy atom. The van der Waals surface area contributed by atoms with Gasteiger partial charge < -0.3 is 0 Å². The fourth-order valence-corrected chi connectivity index (χ4v) is 1.15. The van der Waals surface area contributed by atoms with Crippen molar-refractivity contribution in [3.05, 3.63) is 16.6 Å². The highest BCUT2D eigenvalue weighted by Crippen LogP contribution is 2.16. The fraction of sp³-hybridized carbons (Fsp3) is 0.500. The highest BCUT2D eigenvalue weighted by molar-refractivity contribution is 7.09. The van der Waals surface area contributed by atoms with E-state index < -0.39 is 0 Å². The van der Waals surface area contributed by atoms with Gasteiger partial charge in [-0.2, -0.15) is 0 Å². The maximum atomic E-state index is 3.96. The van der Waals surface area contributed by atoms with E-state index >= 15 is 0 Å². The molecule has 0 saturated carbocycles. The minimum Gasteiger partial charge on any atom is -0.253 e. The van der Waals surface area contributed by atoms with Crippen LogP contribution >= 0.6 is 11.3 Å². The standard InChI is InChI=1S/C6H9NS/c1-5(2)6-3-7-4-8-6/h3-5H,1-2H3. The molecule has 1 aromatic rings. The summed E-state index contributed by atoms with van der Waals surface area (Å²) < 4.78 is 0. The van der Waals surface area contributed by atoms with E-state index in [1.807, 2.05) is 11.7 Å². The summed E-state index contributed by atoms with van der Waals surface area (Å²) in [6.45, 7) is 4.35. The number of hydrogen-bond acceptors (Lipinski definition) is 2. The second kappa shape index (κ2) is 2.27. The minimum atomic E-state index is 0.641. The van der Waals surface area contributed by atoms with E-state index in [1.54, 1.807) is 11.3 Å². The van der Waals surface area contributed by atoms with Crippen molar-refractivity contribution in [3.8, 4) is 0 Å². The lowest BCUT2D eigenvalue weighted by atomic mass is 10.2. The molecule has 0 aromatic carbocycles. The van der Waals surface area contributed by atoms with Gasteiger partial charge in [0.15, 0.2) is 0 Å². The molecule has 1 aromatic heterocycles. The zero-order valence-corrected chi connectivity index (χ0v) is 5.90. The smallest absolute Gasteiger partial charge is 0.0794 e. The Bertz CT molecular complexity index is 144. The molecule has 0 aliphatic rings. The summed E-state index contributed by atoms with van der Waals surface area (Å²) in [5, 5.41) is 0. The molecular weight excluding hydrogens is 118 g/mol. The van der Waals surface area contributed by atoms with E-state index in [4.69, 9.17) is 0 Å². The first-order valence-electron chi connectivity index (χ1n) is 2.69. The largest absolute Gasteiger partial charge is 0.253 e. The van der Waals surface area contributed by atoms with Crippen LogP contribution in [0.15, 0.2) is 11.7 Å². The van der Waals surface area contributed by atoms with Crippen molar-refractivity contribution in [1.29, 1.82) is 0 Å². The molecule has 2 heteroatoms. The molecule has 0 spiro atoms. The van der Waals surface area contributed by atoms with Crippen LogP contribution in [0.1, 0.15) is 24.6 Å². The van der Waals surface area contributed by atoms with Crippen LogP contribution in [0.3, 0.4) is 0 Å². The Morgan fingerprint density at radius 2 is 2.38 bits per heavy atom. The Morgan fingerprint density at radius 3 is 2.62 bits per heavy atom. The third kappa shape index (κ3) is 1.07. The Balaban J connectivity index is 2.77. The number of hydrogen-bond donors (Lipinski definition) is 0. The van der Waals surface area contributed by atoms with Crippen LogP contribution < -0.4 is 0 Å². The molecule has 1 heterocycles. The van der Waals surface area contributed by atoms with Gasteiger partial charge in [0.05, 0.1) is 5.51 Å². The summed E-state index contributed by atoms with van der Waals surface area (Å²) in [5.41, 5.74) is 1.87. The Kier molecular flexibility index (Phi) is 1.63. The van der Waals surface area contributed by atoms with Gasteiger partial charge in [0, 0.05) is 11.1 Å². The van der Waals surface area contributed by atoms with E-state index in [0.29, 0.717) is 5.92 Å². The molecule has 0 atom stereocenters. The lowest BCUT2D eigenvalue weighted by Gasteiger charge is -1.94. The van der Waals surface area contributed by atoms with Gasteiger partial charge in [-0.15, -0.1) is 11.3 Å². The average molecular weight is 127 g/mol. The first kappa shape index (κ1) is 5.76. The minimum absolute atomic E-state index is 0.641. The molecule has 44 valence electrons. The number of rotatable bonds is 1. The van der Waals surface area contributed by atoms with Crippen LogP contribution in [0, 0.1) is 0 Å². The predicted molar refractivity (Wildman–Crippen MR) is 36.2 cm³/mol. The van der Waals surface area contributed by atoms with Crippen molar-refractivity contribution in [2.24, 2.45) is 0 Å². The normalized spacial score (nSPS) is 10.4. The van der Waals surface area contributed by atoms with E-state index in [1.165, 1.54) is 4.88 Å². The molecule has 0 bridgehead atoms. The van der Waals surface area contributed by atoms with Crippen LogP contribution in [-0.2, 0) is 0 Å². The Hall–Kier alpha value is -0.370. The monoisotopic (exact) mass is 127 g/mol. The average Bonchev–Trinajstić information content (AvgIpc) is 2.12. The maximum Gasteiger partial charge on any atom is 0.0794 e. The van der Waals surface area contributed by atoms with Gasteiger partial charge in [0.25, 0.3) is 0 Å². The summed E-state index contributed by atoms with van der Waals surface area (Å²) in [7, 11) is 0. The van der Waals surface area contributed by atoms with Gasteiger partial charge in [-0.25, -0.2) is 0 Å². The molecule has 0 radical (unpaired) electrons. The molecular formula is C6H9NS. The van der Waals surface area contributed by atoms with Gasteiger partial charge >= 0.3 is 0 Å². The maximum absolute atomic E-state index is 3.96. The second-order valence-corrected chi connectivity index (χ2v) is 2.98. The van der Waals surface area contributed by atoms with Gasteiger partial charge in [0.2, 0.25) is 0 Å². The molecule has 1 nitrogen and oxygen atoms in total. The Labute approximate surface area is 53.4 Å². The summed E-state index contributed by atoms with van der Waals surface area (Å²) in [6, 6.07) is 0. The summed E-state index contributed by atoms with van der Waals surface area (Å²) >= 11 is 1.72. The van der Waals surface area contributed by atoms with E-state index in [2.05, 4.69) is 18.8 Å². The second-order valence-electron chi connectivity index (χ2n) is 2.06. The summed E-state index contributed by atoms with van der Waals surface area (Å²) in [4.78, 5) is 5.33. The van der Waals surface area contributed by atoms with E-state index in [9.17, 15) is 0 Å². The first-order valence-corrected chi connectivity index (χ1v) is 3.57. The topological polar surface area (TPSA) is 12.9 Å². The molecule has 0 unspecified atom stereocenters. The lowest BCUT2D eigenvalue weighted by molar-refractivity contribution is 0.885. The molecule has 0 aliphatic carbocycles. The van der Waals surface area contributed by atoms with Crippen molar-refractivity contribution in [3.63, 3.8) is 0 Å². The highest BCUT2D eigenvalue weighted by atomic mass is 32.1. The first-order chi connectivity index (χ1) is 3.80. The fourth-order valence-electron chi connectivity index (χ4n) is 0.511. The molecule has 0 aliphatic heterocycles. The van der Waals surface area contributed by atoms with Crippen LogP contribution in [0.25, 0.3) is 0 Å². The molecule has 0 fully saturated rings. The van der Waals surface area contributed by atoms with Crippen LogP contribution in [0.4, 0.5) is 0 Å². The van der Waals surface area contributed by atoms with Gasteiger partial charge in [-0.05, 0) is 5.92 Å². The third-order valence-electron chi connectivity index (χ3n) is 1.02. The summed E-state index contributed by atoms with van der Waals surface area (Å²) in [5.74, 6) is 0.641. The van der Waals surface area contributed by atoms with Gasteiger partial charge in [0.1, 0.15) is 0 Å². The van der Waals surface area contributed by atoms with Crippen molar-refractivity contribution < 1.29 is 0 Å². The zero-order chi connectivity index (χ0) is 5.98. The molecule has 1 rings (SSSR count). The van der Waals surface area contributed by atoms with Crippen molar-refractivity contribution in [1.82, 2.24) is 4.98 Å². The predicted octanol–water partition coefficient (Wildman–Crippen LogP) is 2.27. The summed E-state index contributed by atoms with van der Waals surface area (Å²) in [6.07, 6.45) is 1.93. The molecule has 0 saturated heterocycles. The molecule has 0 amide bonds. The zero-order valence-electron chi connectivity index (χ0n) is 5.09. The molecule has 8 heavy (non-hydrogen) atoms. The number of aromatic nitrogens is 1. The SMILES string of the molecule is CC(C)c1cncs1. The lowest BCUT2D eigenvalue weighted by Crippen LogP contribution is -1.77. The van der Waals surface area contributed by atoms with Gasteiger partial charge in [-0.3, -0.25) is 4.98 Å². The van der Waals surface area contributed by atoms with E-state index in [-0.39, 0.29) is 0 Å². The third-order valence-corrected chi connectivity index (χ3v) is 2.10.